The molecule has 0 amide bonds. The molecule has 0 saturated heterocycles. The molecule has 43 heavy (non-hydrogen) atoms. The predicted molar refractivity (Wildman–Crippen MR) is 197 cm³/mol. The lowest BCUT2D eigenvalue weighted by Gasteiger charge is -2.24. The normalized spacial score (nSPS) is 13.1. The summed E-state index contributed by atoms with van der Waals surface area (Å²) in [7, 11) is 0. The molecule has 0 rings (SSSR count). The molecule has 0 bridgehead atoms. The molecule has 2 atom stereocenters. The van der Waals surface area contributed by atoms with E-state index in [4.69, 9.17) is 5.11 Å². The Morgan fingerprint density at radius 2 is 0.535 bits per heavy atom. The average molecular weight is 607 g/mol. The second-order valence-electron chi connectivity index (χ2n) is 14.8. The summed E-state index contributed by atoms with van der Waals surface area (Å²) in [5.41, 5.74) is 0. The molecule has 1 heteroatoms. The summed E-state index contributed by atoms with van der Waals surface area (Å²) in [4.78, 5) is 0. The maximum absolute atomic E-state index is 8.98. The van der Waals surface area contributed by atoms with Crippen LogP contribution in [0.4, 0.5) is 0 Å². The van der Waals surface area contributed by atoms with Crippen LogP contribution in [-0.4, -0.2) is 11.7 Å². The van der Waals surface area contributed by atoms with Gasteiger partial charge in [0.15, 0.2) is 0 Å². The third-order valence-corrected chi connectivity index (χ3v) is 10.5. The van der Waals surface area contributed by atoms with Crippen molar-refractivity contribution in [2.45, 2.75) is 252 Å². The number of hydrogen-bond acceptors (Lipinski definition) is 1. The Bertz CT molecular complexity index is 474. The van der Waals surface area contributed by atoms with Gasteiger partial charge in [0, 0.05) is 6.61 Å². The highest BCUT2D eigenvalue weighted by molar-refractivity contribution is 4.68. The fourth-order valence-corrected chi connectivity index (χ4v) is 7.26. The van der Waals surface area contributed by atoms with Crippen LogP contribution in [0, 0.1) is 11.8 Å². The van der Waals surface area contributed by atoms with Crippen molar-refractivity contribution in [2.75, 3.05) is 6.61 Å². The highest BCUT2D eigenvalue weighted by atomic mass is 16.2. The van der Waals surface area contributed by atoms with Crippen LogP contribution in [0.5, 0.6) is 0 Å². The zero-order valence-electron chi connectivity index (χ0n) is 30.8. The molecular formula is C42H86O. The molecule has 0 aliphatic rings. The minimum atomic E-state index is 0.373. The molecule has 0 spiro atoms. The fraction of sp³-hybridized carbons (Fsp3) is 1.00. The molecule has 0 aromatic carbocycles. The van der Waals surface area contributed by atoms with Gasteiger partial charge in [0.25, 0.3) is 0 Å². The van der Waals surface area contributed by atoms with Crippen molar-refractivity contribution < 1.29 is 5.11 Å². The zero-order valence-corrected chi connectivity index (χ0v) is 30.8. The van der Waals surface area contributed by atoms with Gasteiger partial charge in [-0.25, -0.2) is 0 Å². The zero-order chi connectivity index (χ0) is 31.3. The van der Waals surface area contributed by atoms with Gasteiger partial charge in [-0.15, -0.1) is 0 Å². The van der Waals surface area contributed by atoms with Crippen molar-refractivity contribution in [3.63, 3.8) is 0 Å². The molecule has 2 unspecified atom stereocenters. The smallest absolute Gasteiger partial charge is 0.0431 e. The van der Waals surface area contributed by atoms with Crippen LogP contribution >= 0.6 is 0 Å². The monoisotopic (exact) mass is 607 g/mol. The lowest BCUT2D eigenvalue weighted by atomic mass is 9.81. The van der Waals surface area contributed by atoms with Crippen molar-refractivity contribution in [1.29, 1.82) is 0 Å². The third kappa shape index (κ3) is 34.7. The van der Waals surface area contributed by atoms with Gasteiger partial charge in [0.2, 0.25) is 0 Å². The lowest BCUT2D eigenvalue weighted by molar-refractivity contribution is 0.273. The second kappa shape index (κ2) is 38.1. The number of rotatable bonds is 38. The van der Waals surface area contributed by atoms with Crippen LogP contribution in [0.3, 0.4) is 0 Å². The Morgan fingerprint density at radius 1 is 0.302 bits per heavy atom. The largest absolute Gasteiger partial charge is 0.396 e. The van der Waals surface area contributed by atoms with Gasteiger partial charge in [0.05, 0.1) is 0 Å². The first-order valence-corrected chi connectivity index (χ1v) is 20.9. The van der Waals surface area contributed by atoms with E-state index in [1.165, 1.54) is 225 Å². The van der Waals surface area contributed by atoms with Crippen LogP contribution in [0.2, 0.25) is 0 Å². The Hall–Kier alpha value is -0.0400. The molecule has 1 nitrogen and oxygen atoms in total. The minimum Gasteiger partial charge on any atom is -0.396 e. The molecule has 0 aliphatic carbocycles. The van der Waals surface area contributed by atoms with E-state index in [1.807, 2.05) is 0 Å². The summed E-state index contributed by atoms with van der Waals surface area (Å²) in [6.45, 7) is 7.60. The Morgan fingerprint density at radius 3 is 0.814 bits per heavy atom. The first-order chi connectivity index (χ1) is 21.3. The van der Waals surface area contributed by atoms with Gasteiger partial charge < -0.3 is 5.11 Å². The average Bonchev–Trinajstić information content (AvgIpc) is 3.01. The second-order valence-corrected chi connectivity index (χ2v) is 14.8. The number of aliphatic hydroxyl groups is 1. The van der Waals surface area contributed by atoms with E-state index in [9.17, 15) is 0 Å². The minimum absolute atomic E-state index is 0.373. The summed E-state index contributed by atoms with van der Waals surface area (Å²) in [6, 6.07) is 0. The molecule has 0 heterocycles. The predicted octanol–water partition coefficient (Wildman–Crippen LogP) is 15.3. The SMILES string of the molecule is CCCCCCCCCCCCCCCCCCC(C)C(CCCCCCCCCO)CCCCCCCCCCCC. The van der Waals surface area contributed by atoms with Gasteiger partial charge in [0.1, 0.15) is 0 Å². The molecule has 0 fully saturated rings. The summed E-state index contributed by atoms with van der Waals surface area (Å²) >= 11 is 0. The van der Waals surface area contributed by atoms with E-state index in [-0.39, 0.29) is 0 Å². The van der Waals surface area contributed by atoms with E-state index in [0.717, 1.165) is 18.3 Å². The Labute approximate surface area is 274 Å². The summed E-state index contributed by atoms with van der Waals surface area (Å²) < 4.78 is 0. The Kier molecular flexibility index (Phi) is 38.1. The molecule has 0 radical (unpaired) electrons. The van der Waals surface area contributed by atoms with Crippen molar-refractivity contribution >= 4 is 0 Å². The van der Waals surface area contributed by atoms with Crippen molar-refractivity contribution in [3.05, 3.63) is 0 Å². The number of hydrogen-bond donors (Lipinski definition) is 1. The lowest BCUT2D eigenvalue weighted by Crippen LogP contribution is -2.12. The molecule has 260 valence electrons. The molecule has 1 N–H and O–H groups in total. The number of aliphatic hydroxyl groups excluding tert-OH is 1. The summed E-state index contributed by atoms with van der Waals surface area (Å²) in [5.74, 6) is 1.90. The van der Waals surface area contributed by atoms with Gasteiger partial charge in [-0.3, -0.25) is 0 Å². The van der Waals surface area contributed by atoms with Crippen LogP contribution in [0.25, 0.3) is 0 Å². The van der Waals surface area contributed by atoms with Crippen molar-refractivity contribution in [1.82, 2.24) is 0 Å². The van der Waals surface area contributed by atoms with E-state index < -0.39 is 0 Å². The van der Waals surface area contributed by atoms with Gasteiger partial charge in [-0.2, -0.15) is 0 Å². The van der Waals surface area contributed by atoms with E-state index >= 15 is 0 Å². The highest BCUT2D eigenvalue weighted by Gasteiger charge is 2.16. The van der Waals surface area contributed by atoms with Crippen molar-refractivity contribution in [3.8, 4) is 0 Å². The molecule has 0 aromatic rings. The topological polar surface area (TPSA) is 20.2 Å². The molecular weight excluding hydrogens is 520 g/mol. The van der Waals surface area contributed by atoms with Crippen LogP contribution in [-0.2, 0) is 0 Å². The van der Waals surface area contributed by atoms with Crippen LogP contribution < -0.4 is 0 Å². The third-order valence-electron chi connectivity index (χ3n) is 10.5. The molecule has 0 aliphatic heterocycles. The van der Waals surface area contributed by atoms with Gasteiger partial charge in [-0.1, -0.05) is 245 Å². The maximum Gasteiger partial charge on any atom is 0.0431 e. The van der Waals surface area contributed by atoms with Gasteiger partial charge in [-0.05, 0) is 18.3 Å². The first-order valence-electron chi connectivity index (χ1n) is 20.9. The summed E-state index contributed by atoms with van der Waals surface area (Å²) in [5, 5.41) is 8.98. The van der Waals surface area contributed by atoms with E-state index in [2.05, 4.69) is 20.8 Å². The first kappa shape index (κ1) is 43.0. The van der Waals surface area contributed by atoms with E-state index in [1.54, 1.807) is 0 Å². The van der Waals surface area contributed by atoms with Gasteiger partial charge >= 0.3 is 0 Å². The number of unbranched alkanes of at least 4 members (excludes halogenated alkanes) is 30. The molecule has 0 saturated carbocycles. The molecule has 0 aromatic heterocycles. The summed E-state index contributed by atoms with van der Waals surface area (Å²) in [6.07, 6.45) is 51.7. The quantitative estimate of drug-likeness (QED) is 0.0693. The standard InChI is InChI=1S/C42H86O/c1-4-6-8-10-12-14-16-17-18-19-20-21-22-25-29-33-37-41(3)42(39-35-31-27-24-28-32-36-40-43)38-34-30-26-23-15-13-11-9-7-5-2/h41-43H,4-40H2,1-3H3. The highest BCUT2D eigenvalue weighted by Crippen LogP contribution is 2.30. The van der Waals surface area contributed by atoms with Crippen LogP contribution in [0.1, 0.15) is 252 Å². The van der Waals surface area contributed by atoms with Crippen molar-refractivity contribution in [2.24, 2.45) is 11.8 Å². The Balaban J connectivity index is 3.92. The van der Waals surface area contributed by atoms with E-state index in [0.29, 0.717) is 6.61 Å². The van der Waals surface area contributed by atoms with Crippen LogP contribution in [0.15, 0.2) is 0 Å². The fourth-order valence-electron chi connectivity index (χ4n) is 7.26. The maximum atomic E-state index is 8.98.